The third-order valence-corrected chi connectivity index (χ3v) is 2.97. The van der Waals surface area contributed by atoms with Crippen LogP contribution in [-0.2, 0) is 14.3 Å². The van der Waals surface area contributed by atoms with Crippen LogP contribution in [0.25, 0.3) is 0 Å². The van der Waals surface area contributed by atoms with Gasteiger partial charge in [0.05, 0.1) is 19.6 Å². The van der Waals surface area contributed by atoms with Gasteiger partial charge >= 0.3 is 0 Å². The predicted molar refractivity (Wildman–Crippen MR) is 68.5 cm³/mol. The molecule has 0 radical (unpaired) electrons. The Labute approximate surface area is 117 Å². The molecule has 1 N–H and O–H groups in total. The maximum Gasteiger partial charge on any atom is 0.261 e. The van der Waals surface area contributed by atoms with Crippen LogP contribution in [0.15, 0.2) is 0 Å². The summed E-state index contributed by atoms with van der Waals surface area (Å²) >= 11 is 0. The van der Waals surface area contributed by atoms with Gasteiger partial charge in [0.2, 0.25) is 11.8 Å². The van der Waals surface area contributed by atoms with Crippen LogP contribution in [-0.4, -0.2) is 81.0 Å². The minimum Gasteiger partial charge on any atom is -0.375 e. The number of piperazine rings is 1. The van der Waals surface area contributed by atoms with Crippen molar-refractivity contribution in [3.63, 3.8) is 0 Å². The highest BCUT2D eigenvalue weighted by Crippen LogP contribution is 1.99. The average Bonchev–Trinajstić information content (AvgIpc) is 2.44. The molecular weight excluding hydrogens is 272 g/mol. The van der Waals surface area contributed by atoms with Crippen molar-refractivity contribution < 1.29 is 23.1 Å². The van der Waals surface area contributed by atoms with Crippen molar-refractivity contribution >= 4 is 11.8 Å². The Hall–Kier alpha value is -1.28. The summed E-state index contributed by atoms with van der Waals surface area (Å²) < 4.78 is 28.3. The molecule has 1 aliphatic heterocycles. The molecule has 1 rings (SSSR count). The van der Waals surface area contributed by atoms with Crippen LogP contribution < -0.4 is 5.32 Å². The summed E-state index contributed by atoms with van der Waals surface area (Å²) in [5, 5.41) is 3.14. The van der Waals surface area contributed by atoms with E-state index in [4.69, 9.17) is 0 Å². The van der Waals surface area contributed by atoms with Crippen LogP contribution >= 0.6 is 0 Å². The number of hydrogen-bond donors (Lipinski definition) is 1. The largest absolute Gasteiger partial charge is 0.375 e. The second-order valence-electron chi connectivity index (χ2n) is 4.60. The predicted octanol–water partition coefficient (Wildman–Crippen LogP) is -0.452. The fraction of sp³-hybridized carbons (Fsp3) is 0.833. The van der Waals surface area contributed by atoms with Gasteiger partial charge in [0.15, 0.2) is 0 Å². The molecule has 1 heterocycles. The molecule has 0 aromatic carbocycles. The van der Waals surface area contributed by atoms with Crippen molar-refractivity contribution in [3.05, 3.63) is 0 Å². The van der Waals surface area contributed by atoms with Crippen molar-refractivity contribution in [1.29, 1.82) is 0 Å². The molecule has 2 amide bonds. The van der Waals surface area contributed by atoms with E-state index in [9.17, 15) is 18.4 Å². The van der Waals surface area contributed by atoms with E-state index in [1.165, 1.54) is 11.9 Å². The van der Waals surface area contributed by atoms with E-state index in [2.05, 4.69) is 10.1 Å². The molecule has 0 unspecified atom stereocenters. The molecule has 0 spiro atoms. The van der Waals surface area contributed by atoms with Crippen molar-refractivity contribution in [2.45, 2.75) is 12.8 Å². The van der Waals surface area contributed by atoms with Crippen molar-refractivity contribution in [1.82, 2.24) is 15.1 Å². The van der Waals surface area contributed by atoms with E-state index >= 15 is 0 Å². The summed E-state index contributed by atoms with van der Waals surface area (Å²) in [6.07, 6.45) is -2.53. The zero-order valence-corrected chi connectivity index (χ0v) is 11.6. The molecule has 1 saturated heterocycles. The van der Waals surface area contributed by atoms with E-state index in [1.54, 1.807) is 4.90 Å². The van der Waals surface area contributed by atoms with Gasteiger partial charge in [0, 0.05) is 33.2 Å². The van der Waals surface area contributed by atoms with Crippen molar-refractivity contribution in [2.75, 3.05) is 53.0 Å². The van der Waals surface area contributed by atoms with Crippen molar-refractivity contribution in [3.8, 4) is 0 Å². The fourth-order valence-corrected chi connectivity index (χ4v) is 1.83. The molecule has 1 fully saturated rings. The van der Waals surface area contributed by atoms with E-state index in [0.717, 1.165) is 13.1 Å². The first-order valence-corrected chi connectivity index (χ1v) is 6.59. The van der Waals surface area contributed by atoms with E-state index < -0.39 is 13.0 Å². The van der Waals surface area contributed by atoms with Crippen LogP contribution in [0.1, 0.15) is 6.42 Å². The molecule has 0 aliphatic carbocycles. The summed E-state index contributed by atoms with van der Waals surface area (Å²) in [6, 6.07) is 0. The molecule has 1 aliphatic rings. The number of rotatable bonds is 7. The van der Waals surface area contributed by atoms with Gasteiger partial charge in [-0.3, -0.25) is 9.59 Å². The Bertz CT molecular complexity index is 323. The standard InChI is InChI=1S/C12H21F2N3O3/c1-16(11(18)2-7-20-9-10(13)14)8-12(19)17-5-3-15-4-6-17/h10,15H,2-9H2,1H3. The summed E-state index contributed by atoms with van der Waals surface area (Å²) in [5.41, 5.74) is 0. The Morgan fingerprint density at radius 1 is 1.35 bits per heavy atom. The van der Waals surface area contributed by atoms with Gasteiger partial charge in [0.25, 0.3) is 6.43 Å². The second-order valence-corrected chi connectivity index (χ2v) is 4.60. The molecule has 0 aromatic rings. The van der Waals surface area contributed by atoms with Gasteiger partial charge in [-0.2, -0.15) is 0 Å². The number of likely N-dealkylation sites (N-methyl/N-ethyl adjacent to an activating group) is 1. The van der Waals surface area contributed by atoms with Crippen LogP contribution in [0.2, 0.25) is 0 Å². The number of ether oxygens (including phenoxy) is 1. The molecule has 6 nitrogen and oxygen atoms in total. The van der Waals surface area contributed by atoms with Gasteiger partial charge in [-0.15, -0.1) is 0 Å². The maximum atomic E-state index is 11.9. The van der Waals surface area contributed by atoms with E-state index in [1.807, 2.05) is 0 Å². The number of nitrogens with zero attached hydrogens (tertiary/aromatic N) is 2. The summed E-state index contributed by atoms with van der Waals surface area (Å²) in [4.78, 5) is 26.6. The first-order chi connectivity index (χ1) is 9.50. The molecule has 0 bridgehead atoms. The number of carbonyl (C=O) groups excluding carboxylic acids is 2. The third-order valence-electron chi connectivity index (χ3n) is 2.97. The smallest absolute Gasteiger partial charge is 0.261 e. The van der Waals surface area contributed by atoms with Crippen LogP contribution in [0.3, 0.4) is 0 Å². The molecule has 8 heteroatoms. The van der Waals surface area contributed by atoms with Gasteiger partial charge in [-0.05, 0) is 0 Å². The lowest BCUT2D eigenvalue weighted by atomic mass is 10.3. The topological polar surface area (TPSA) is 61.9 Å². The molecule has 0 aromatic heterocycles. The highest BCUT2D eigenvalue weighted by molar-refractivity contribution is 5.84. The lowest BCUT2D eigenvalue weighted by molar-refractivity contribution is -0.140. The number of hydrogen-bond acceptors (Lipinski definition) is 4. The highest BCUT2D eigenvalue weighted by atomic mass is 19.3. The van der Waals surface area contributed by atoms with Gasteiger partial charge in [-0.25, -0.2) is 8.78 Å². The molecule has 0 atom stereocenters. The number of alkyl halides is 2. The first kappa shape index (κ1) is 16.8. The number of carbonyl (C=O) groups is 2. The Morgan fingerprint density at radius 3 is 2.60 bits per heavy atom. The quantitative estimate of drug-likeness (QED) is 0.646. The summed E-state index contributed by atoms with van der Waals surface area (Å²) in [6.45, 7) is 2.06. The van der Waals surface area contributed by atoms with E-state index in [0.29, 0.717) is 13.1 Å². The van der Waals surface area contributed by atoms with E-state index in [-0.39, 0.29) is 31.4 Å². The zero-order valence-electron chi connectivity index (χ0n) is 11.6. The van der Waals surface area contributed by atoms with Gasteiger partial charge in [-0.1, -0.05) is 0 Å². The third kappa shape index (κ3) is 6.25. The second kappa shape index (κ2) is 8.80. The lowest BCUT2D eigenvalue weighted by Gasteiger charge is -2.29. The minimum atomic E-state index is -2.53. The fourth-order valence-electron chi connectivity index (χ4n) is 1.83. The highest BCUT2D eigenvalue weighted by Gasteiger charge is 2.19. The SMILES string of the molecule is CN(CC(=O)N1CCNCC1)C(=O)CCOCC(F)F. The molecular formula is C12H21F2N3O3. The number of amides is 2. The Kier molecular flexibility index (Phi) is 7.38. The Morgan fingerprint density at radius 2 is 2.00 bits per heavy atom. The summed E-state index contributed by atoms with van der Waals surface area (Å²) in [5.74, 6) is -0.390. The van der Waals surface area contributed by atoms with Crippen molar-refractivity contribution in [2.24, 2.45) is 0 Å². The average molecular weight is 293 g/mol. The van der Waals surface area contributed by atoms with Crippen LogP contribution in [0.5, 0.6) is 0 Å². The normalized spacial score (nSPS) is 15.5. The van der Waals surface area contributed by atoms with Crippen LogP contribution in [0, 0.1) is 0 Å². The molecule has 20 heavy (non-hydrogen) atoms. The van der Waals surface area contributed by atoms with Gasteiger partial charge in [0.1, 0.15) is 6.61 Å². The molecule has 116 valence electrons. The van der Waals surface area contributed by atoms with Gasteiger partial charge < -0.3 is 19.9 Å². The monoisotopic (exact) mass is 293 g/mol. The molecule has 0 saturated carbocycles. The van der Waals surface area contributed by atoms with Crippen LogP contribution in [0.4, 0.5) is 8.78 Å². The lowest BCUT2D eigenvalue weighted by Crippen LogP contribution is -2.49. The number of nitrogens with one attached hydrogen (secondary N) is 1. The zero-order chi connectivity index (χ0) is 15.0. The number of halogens is 2. The Balaban J connectivity index is 2.21. The minimum absolute atomic E-state index is 0.00193. The first-order valence-electron chi connectivity index (χ1n) is 6.59. The maximum absolute atomic E-state index is 11.9. The summed E-state index contributed by atoms with van der Waals surface area (Å²) in [7, 11) is 1.52.